The van der Waals surface area contributed by atoms with E-state index in [1.165, 1.54) is 19.1 Å². The Kier molecular flexibility index (Phi) is 4.33. The fourth-order valence-corrected chi connectivity index (χ4v) is 1.23. The van der Waals surface area contributed by atoms with Crippen molar-refractivity contribution >= 4 is 17.4 Å². The number of non-ortho nitro benzene ring substituents is 1. The number of hydrogen-bond acceptors (Lipinski definition) is 4. The third kappa shape index (κ3) is 4.02. The Morgan fingerprint density at radius 1 is 1.29 bits per heavy atom. The van der Waals surface area contributed by atoms with Gasteiger partial charge in [0.15, 0.2) is 0 Å². The molecule has 6 nitrogen and oxygen atoms in total. The van der Waals surface area contributed by atoms with E-state index in [4.69, 9.17) is 0 Å². The van der Waals surface area contributed by atoms with Crippen molar-refractivity contribution in [2.24, 2.45) is 0 Å². The molecule has 0 saturated carbocycles. The predicted octanol–water partition coefficient (Wildman–Crippen LogP) is 0.842. The van der Waals surface area contributed by atoms with E-state index in [0.29, 0.717) is 13.0 Å². The summed E-state index contributed by atoms with van der Waals surface area (Å²) >= 11 is 0. The highest BCUT2D eigenvalue weighted by molar-refractivity contribution is 6.35. The zero-order valence-corrected chi connectivity index (χ0v) is 9.30. The first kappa shape index (κ1) is 12.8. The summed E-state index contributed by atoms with van der Waals surface area (Å²) in [5.74, 6) is -1.15. The summed E-state index contributed by atoms with van der Waals surface area (Å²) in [5.41, 5.74) is 0.890. The molecular formula is C11H12N2O4. The molecule has 1 amide bonds. The number of Topliss-reactive ketones (excluding diaryl/α,β-unsaturated/α-hetero) is 1. The van der Waals surface area contributed by atoms with Crippen LogP contribution < -0.4 is 5.32 Å². The lowest BCUT2D eigenvalue weighted by Gasteiger charge is -2.02. The topological polar surface area (TPSA) is 89.3 Å². The summed E-state index contributed by atoms with van der Waals surface area (Å²) in [7, 11) is 0. The number of rotatable bonds is 5. The van der Waals surface area contributed by atoms with E-state index in [2.05, 4.69) is 5.32 Å². The van der Waals surface area contributed by atoms with Crippen LogP contribution in [-0.2, 0) is 16.0 Å². The third-order valence-corrected chi connectivity index (χ3v) is 2.17. The van der Waals surface area contributed by atoms with Crippen molar-refractivity contribution in [2.45, 2.75) is 13.3 Å². The molecule has 90 valence electrons. The van der Waals surface area contributed by atoms with Gasteiger partial charge in [0, 0.05) is 25.6 Å². The van der Waals surface area contributed by atoms with Crippen molar-refractivity contribution < 1.29 is 14.5 Å². The summed E-state index contributed by atoms with van der Waals surface area (Å²) in [6, 6.07) is 6.06. The fraction of sp³-hybridized carbons (Fsp3) is 0.273. The maximum Gasteiger partial charge on any atom is 0.287 e. The minimum Gasteiger partial charge on any atom is -0.349 e. The lowest BCUT2D eigenvalue weighted by atomic mass is 10.1. The van der Waals surface area contributed by atoms with E-state index >= 15 is 0 Å². The first-order valence-electron chi connectivity index (χ1n) is 5.03. The quantitative estimate of drug-likeness (QED) is 0.466. The standard InChI is InChI=1S/C11H12N2O4/c1-8(14)11(15)12-7-6-9-2-4-10(5-3-9)13(16)17/h2-5H,6-7H2,1H3,(H,12,15). The van der Waals surface area contributed by atoms with Gasteiger partial charge >= 0.3 is 0 Å². The van der Waals surface area contributed by atoms with Crippen LogP contribution in [0.25, 0.3) is 0 Å². The van der Waals surface area contributed by atoms with Gasteiger partial charge in [-0.05, 0) is 12.0 Å². The highest BCUT2D eigenvalue weighted by atomic mass is 16.6. The van der Waals surface area contributed by atoms with Gasteiger partial charge in [-0.25, -0.2) is 0 Å². The largest absolute Gasteiger partial charge is 0.349 e. The molecule has 0 aliphatic carbocycles. The molecule has 0 aliphatic rings. The molecular weight excluding hydrogens is 224 g/mol. The average Bonchev–Trinajstić information content (AvgIpc) is 2.29. The van der Waals surface area contributed by atoms with Gasteiger partial charge in [-0.15, -0.1) is 0 Å². The monoisotopic (exact) mass is 236 g/mol. The van der Waals surface area contributed by atoms with Gasteiger partial charge in [0.25, 0.3) is 11.6 Å². The zero-order valence-electron chi connectivity index (χ0n) is 9.30. The molecule has 17 heavy (non-hydrogen) atoms. The van der Waals surface area contributed by atoms with Crippen LogP contribution in [0, 0.1) is 10.1 Å². The molecule has 0 aromatic heterocycles. The first-order valence-corrected chi connectivity index (χ1v) is 5.03. The molecule has 6 heteroatoms. The summed E-state index contributed by atoms with van der Waals surface area (Å²) in [5, 5.41) is 12.8. The average molecular weight is 236 g/mol. The number of amides is 1. The second kappa shape index (κ2) is 5.74. The molecule has 0 atom stereocenters. The van der Waals surface area contributed by atoms with Crippen molar-refractivity contribution in [2.75, 3.05) is 6.54 Å². The Morgan fingerprint density at radius 3 is 2.35 bits per heavy atom. The molecule has 1 aromatic carbocycles. The van der Waals surface area contributed by atoms with Crippen molar-refractivity contribution in [3.63, 3.8) is 0 Å². The second-order valence-corrected chi connectivity index (χ2v) is 3.49. The van der Waals surface area contributed by atoms with Gasteiger partial charge in [-0.2, -0.15) is 0 Å². The minimum absolute atomic E-state index is 0.0292. The van der Waals surface area contributed by atoms with Crippen LogP contribution in [0.4, 0.5) is 5.69 Å². The second-order valence-electron chi connectivity index (χ2n) is 3.49. The number of hydrogen-bond donors (Lipinski definition) is 1. The fourth-order valence-electron chi connectivity index (χ4n) is 1.23. The van der Waals surface area contributed by atoms with Crippen LogP contribution in [-0.4, -0.2) is 23.2 Å². The molecule has 0 aliphatic heterocycles. The minimum atomic E-state index is -0.619. The number of carbonyl (C=O) groups excluding carboxylic acids is 2. The normalized spacial score (nSPS) is 9.71. The van der Waals surface area contributed by atoms with E-state index in [-0.39, 0.29) is 5.69 Å². The van der Waals surface area contributed by atoms with Crippen molar-refractivity contribution in [3.8, 4) is 0 Å². The lowest BCUT2D eigenvalue weighted by Crippen LogP contribution is -2.30. The number of nitro groups is 1. The molecule has 0 unspecified atom stereocenters. The van der Waals surface area contributed by atoms with Crippen LogP contribution in [0.3, 0.4) is 0 Å². The molecule has 0 bridgehead atoms. The highest BCUT2D eigenvalue weighted by Crippen LogP contribution is 2.11. The zero-order chi connectivity index (χ0) is 12.8. The molecule has 1 N–H and O–H groups in total. The van der Waals surface area contributed by atoms with Crippen molar-refractivity contribution in [3.05, 3.63) is 39.9 Å². The molecule has 0 spiro atoms. The first-order chi connectivity index (χ1) is 8.00. The lowest BCUT2D eigenvalue weighted by molar-refractivity contribution is -0.384. The summed E-state index contributed by atoms with van der Waals surface area (Å²) in [6.45, 7) is 1.53. The van der Waals surface area contributed by atoms with Crippen LogP contribution >= 0.6 is 0 Å². The van der Waals surface area contributed by atoms with Gasteiger partial charge in [0.1, 0.15) is 0 Å². The smallest absolute Gasteiger partial charge is 0.287 e. The van der Waals surface area contributed by atoms with E-state index < -0.39 is 16.6 Å². The van der Waals surface area contributed by atoms with E-state index in [9.17, 15) is 19.7 Å². The number of nitrogens with one attached hydrogen (secondary N) is 1. The number of ketones is 1. The number of carbonyl (C=O) groups is 2. The van der Waals surface area contributed by atoms with Gasteiger partial charge < -0.3 is 5.32 Å². The Balaban J connectivity index is 2.45. The SMILES string of the molecule is CC(=O)C(=O)NCCc1ccc([N+](=O)[O-])cc1. The molecule has 0 fully saturated rings. The number of benzene rings is 1. The van der Waals surface area contributed by atoms with Gasteiger partial charge in [0.2, 0.25) is 5.78 Å². The molecule has 0 radical (unpaired) electrons. The van der Waals surface area contributed by atoms with E-state index in [1.807, 2.05) is 0 Å². The van der Waals surface area contributed by atoms with Crippen molar-refractivity contribution in [1.29, 1.82) is 0 Å². The van der Waals surface area contributed by atoms with Gasteiger partial charge in [-0.1, -0.05) is 12.1 Å². The van der Waals surface area contributed by atoms with Gasteiger partial charge in [0.05, 0.1) is 4.92 Å². The van der Waals surface area contributed by atoms with Crippen LogP contribution in [0.1, 0.15) is 12.5 Å². The van der Waals surface area contributed by atoms with Crippen LogP contribution in [0.2, 0.25) is 0 Å². The summed E-state index contributed by atoms with van der Waals surface area (Å²) < 4.78 is 0. The van der Waals surface area contributed by atoms with Crippen LogP contribution in [0.5, 0.6) is 0 Å². The molecule has 1 rings (SSSR count). The Bertz CT molecular complexity index is 439. The molecule has 0 heterocycles. The summed E-state index contributed by atoms with van der Waals surface area (Å²) in [4.78, 5) is 31.5. The Hall–Kier alpha value is -2.24. The third-order valence-electron chi connectivity index (χ3n) is 2.17. The van der Waals surface area contributed by atoms with Crippen LogP contribution in [0.15, 0.2) is 24.3 Å². The van der Waals surface area contributed by atoms with E-state index in [0.717, 1.165) is 5.56 Å². The Morgan fingerprint density at radius 2 is 1.88 bits per heavy atom. The number of nitrogens with zero attached hydrogens (tertiary/aromatic N) is 1. The van der Waals surface area contributed by atoms with Crippen molar-refractivity contribution in [1.82, 2.24) is 5.32 Å². The predicted molar refractivity (Wildman–Crippen MR) is 60.5 cm³/mol. The molecule has 0 saturated heterocycles. The van der Waals surface area contributed by atoms with Gasteiger partial charge in [-0.3, -0.25) is 19.7 Å². The van der Waals surface area contributed by atoms with E-state index in [1.54, 1.807) is 12.1 Å². The Labute approximate surface area is 97.8 Å². The highest BCUT2D eigenvalue weighted by Gasteiger charge is 2.06. The number of nitro benzene ring substituents is 1. The molecule has 1 aromatic rings. The maximum atomic E-state index is 10.9. The summed E-state index contributed by atoms with van der Waals surface area (Å²) in [6.07, 6.45) is 0.525. The maximum absolute atomic E-state index is 10.9.